The SMILES string of the molecule is O=C(O)c1c([N+](=O)[O-])[nH]c(OC(F)(F)F)cc1=O. The van der Waals surface area contributed by atoms with Crippen LogP contribution in [0.1, 0.15) is 10.4 Å². The van der Waals surface area contributed by atoms with Gasteiger partial charge in [0.1, 0.15) is 0 Å². The van der Waals surface area contributed by atoms with Crippen molar-refractivity contribution < 1.29 is 32.7 Å². The fraction of sp³-hybridized carbons (Fsp3) is 0.143. The normalized spacial score (nSPS) is 11.1. The number of pyridine rings is 1. The third kappa shape index (κ3) is 2.96. The molecule has 2 N–H and O–H groups in total. The van der Waals surface area contributed by atoms with Crippen LogP contribution in [0.4, 0.5) is 19.0 Å². The van der Waals surface area contributed by atoms with E-state index in [1.807, 2.05) is 0 Å². The van der Waals surface area contributed by atoms with Crippen LogP contribution in [0.15, 0.2) is 10.9 Å². The lowest BCUT2D eigenvalue weighted by Crippen LogP contribution is -2.22. The maximum Gasteiger partial charge on any atom is 0.575 e. The summed E-state index contributed by atoms with van der Waals surface area (Å²) in [7, 11) is 0. The highest BCUT2D eigenvalue weighted by atomic mass is 19.4. The zero-order valence-corrected chi connectivity index (χ0v) is 8.15. The molecule has 0 radical (unpaired) electrons. The molecule has 1 rings (SSSR count). The van der Waals surface area contributed by atoms with Crippen molar-refractivity contribution in [3.8, 4) is 5.88 Å². The van der Waals surface area contributed by atoms with Crippen molar-refractivity contribution in [2.75, 3.05) is 0 Å². The Labute approximate surface area is 94.8 Å². The molecule has 0 aromatic carbocycles. The van der Waals surface area contributed by atoms with Crippen LogP contribution in [0.25, 0.3) is 0 Å². The van der Waals surface area contributed by atoms with Crippen molar-refractivity contribution in [1.82, 2.24) is 4.98 Å². The molecule has 0 spiro atoms. The number of nitro groups is 1. The minimum absolute atomic E-state index is 0.157. The minimum atomic E-state index is -5.18. The quantitative estimate of drug-likeness (QED) is 0.619. The molecule has 0 aliphatic carbocycles. The summed E-state index contributed by atoms with van der Waals surface area (Å²) in [6.07, 6.45) is -5.18. The Hall–Kier alpha value is -2.59. The second kappa shape index (κ2) is 4.35. The van der Waals surface area contributed by atoms with Crippen LogP contribution in [0.2, 0.25) is 0 Å². The van der Waals surface area contributed by atoms with Crippen molar-refractivity contribution in [3.63, 3.8) is 0 Å². The number of halogens is 3. The first-order valence-electron chi connectivity index (χ1n) is 4.02. The van der Waals surface area contributed by atoms with Gasteiger partial charge in [0.05, 0.1) is 6.07 Å². The van der Waals surface area contributed by atoms with Crippen LogP contribution in [0, 0.1) is 10.1 Å². The van der Waals surface area contributed by atoms with Crippen molar-refractivity contribution in [2.45, 2.75) is 6.36 Å². The van der Waals surface area contributed by atoms with E-state index in [4.69, 9.17) is 5.11 Å². The maximum atomic E-state index is 11.8. The van der Waals surface area contributed by atoms with Gasteiger partial charge in [-0.3, -0.25) is 4.79 Å². The first-order chi connectivity index (χ1) is 8.11. The number of hydrogen-bond acceptors (Lipinski definition) is 5. The molecule has 8 nitrogen and oxygen atoms in total. The maximum absolute atomic E-state index is 11.8. The minimum Gasteiger partial charge on any atom is -0.477 e. The molecule has 1 heterocycles. The van der Waals surface area contributed by atoms with Gasteiger partial charge in [-0.1, -0.05) is 0 Å². The van der Waals surface area contributed by atoms with Crippen LogP contribution in [-0.4, -0.2) is 27.3 Å². The highest BCUT2D eigenvalue weighted by Crippen LogP contribution is 2.22. The van der Waals surface area contributed by atoms with Crippen LogP contribution in [-0.2, 0) is 0 Å². The van der Waals surface area contributed by atoms with Gasteiger partial charge in [-0.05, 0) is 4.92 Å². The van der Waals surface area contributed by atoms with Crippen molar-refractivity contribution in [1.29, 1.82) is 0 Å². The van der Waals surface area contributed by atoms with Gasteiger partial charge in [-0.15, -0.1) is 13.2 Å². The van der Waals surface area contributed by atoms with E-state index in [9.17, 15) is 32.9 Å². The summed E-state index contributed by atoms with van der Waals surface area (Å²) >= 11 is 0. The lowest BCUT2D eigenvalue weighted by Gasteiger charge is -2.07. The Balaban J connectivity index is 3.42. The summed E-state index contributed by atoms with van der Waals surface area (Å²) in [5.74, 6) is -4.61. The van der Waals surface area contributed by atoms with Crippen molar-refractivity contribution in [2.24, 2.45) is 0 Å². The summed E-state index contributed by atoms with van der Waals surface area (Å²) in [5.41, 5.74) is -2.76. The van der Waals surface area contributed by atoms with E-state index in [0.29, 0.717) is 0 Å². The third-order valence-electron chi connectivity index (χ3n) is 1.61. The highest BCUT2D eigenvalue weighted by Gasteiger charge is 2.34. The van der Waals surface area contributed by atoms with E-state index in [1.165, 1.54) is 4.98 Å². The molecule has 0 aliphatic heterocycles. The van der Waals surface area contributed by atoms with Gasteiger partial charge in [0.15, 0.2) is 0 Å². The van der Waals surface area contributed by atoms with Gasteiger partial charge in [-0.2, -0.15) is 0 Å². The van der Waals surface area contributed by atoms with Crippen LogP contribution >= 0.6 is 0 Å². The summed E-state index contributed by atoms with van der Waals surface area (Å²) < 4.78 is 38.8. The van der Waals surface area contributed by atoms with Crippen LogP contribution in [0.3, 0.4) is 0 Å². The van der Waals surface area contributed by atoms with Gasteiger partial charge in [0, 0.05) is 0 Å². The molecule has 1 aromatic rings. The van der Waals surface area contributed by atoms with E-state index in [-0.39, 0.29) is 6.07 Å². The number of nitrogens with one attached hydrogen (secondary N) is 1. The predicted octanol–water partition coefficient (Wildman–Crippen LogP) is 0.880. The molecular formula is C7H3F3N2O6. The van der Waals surface area contributed by atoms with E-state index < -0.39 is 39.9 Å². The molecule has 0 saturated carbocycles. The Morgan fingerprint density at radius 1 is 1.50 bits per heavy atom. The van der Waals surface area contributed by atoms with Gasteiger partial charge in [0.2, 0.25) is 11.0 Å². The number of rotatable bonds is 3. The molecule has 0 aliphatic rings. The van der Waals surface area contributed by atoms with Gasteiger partial charge < -0.3 is 20.0 Å². The number of aromatic carboxylic acids is 1. The zero-order chi connectivity index (χ0) is 14.1. The molecular weight excluding hydrogens is 265 g/mol. The smallest absolute Gasteiger partial charge is 0.477 e. The number of carboxylic acid groups (broad SMARTS) is 1. The molecule has 0 atom stereocenters. The summed E-state index contributed by atoms with van der Waals surface area (Å²) in [6.45, 7) is 0. The van der Waals surface area contributed by atoms with Gasteiger partial charge in [0.25, 0.3) is 5.88 Å². The molecule has 0 unspecified atom stereocenters. The summed E-state index contributed by atoms with van der Waals surface area (Å²) in [4.78, 5) is 32.3. The molecule has 0 amide bonds. The van der Waals surface area contributed by atoms with Gasteiger partial charge >= 0.3 is 18.1 Å². The van der Waals surface area contributed by atoms with Crippen LogP contribution in [0.5, 0.6) is 5.88 Å². The Morgan fingerprint density at radius 3 is 2.44 bits per heavy atom. The fourth-order valence-corrected chi connectivity index (χ4v) is 1.05. The predicted molar refractivity (Wildman–Crippen MR) is 47.4 cm³/mol. The molecule has 0 bridgehead atoms. The molecule has 0 saturated heterocycles. The van der Waals surface area contributed by atoms with Crippen LogP contribution < -0.4 is 10.2 Å². The number of alkyl halides is 3. The summed E-state index contributed by atoms with van der Waals surface area (Å²) in [5, 5.41) is 19.0. The number of H-pyrrole nitrogens is 1. The second-order valence-corrected chi connectivity index (χ2v) is 2.83. The lowest BCUT2D eigenvalue weighted by atomic mass is 10.2. The standard InChI is InChI=1S/C7H3F3N2O6/c8-7(9,10)18-3-1-2(13)4(6(14)15)5(11-3)12(16)17/h1H,(H,11,13)(H,14,15). The number of hydrogen-bond donors (Lipinski definition) is 2. The third-order valence-corrected chi connectivity index (χ3v) is 1.61. The first kappa shape index (κ1) is 13.5. The van der Waals surface area contributed by atoms with E-state index in [2.05, 4.69) is 4.74 Å². The van der Waals surface area contributed by atoms with Crippen molar-refractivity contribution >= 4 is 11.8 Å². The Morgan fingerprint density at radius 2 is 2.06 bits per heavy atom. The van der Waals surface area contributed by atoms with E-state index >= 15 is 0 Å². The average molecular weight is 268 g/mol. The zero-order valence-electron chi connectivity index (χ0n) is 8.15. The highest BCUT2D eigenvalue weighted by molar-refractivity contribution is 5.91. The molecule has 98 valence electrons. The Kier molecular flexibility index (Phi) is 3.26. The fourth-order valence-electron chi connectivity index (χ4n) is 1.05. The largest absolute Gasteiger partial charge is 0.575 e. The lowest BCUT2D eigenvalue weighted by molar-refractivity contribution is -0.390. The summed E-state index contributed by atoms with van der Waals surface area (Å²) in [6, 6.07) is 0.157. The number of aromatic nitrogens is 1. The molecule has 1 aromatic heterocycles. The molecule has 11 heteroatoms. The monoisotopic (exact) mass is 268 g/mol. The molecule has 18 heavy (non-hydrogen) atoms. The van der Waals surface area contributed by atoms with Gasteiger partial charge in [-0.25, -0.2) is 9.78 Å². The number of carbonyl (C=O) groups is 1. The second-order valence-electron chi connectivity index (χ2n) is 2.83. The molecule has 0 fully saturated rings. The van der Waals surface area contributed by atoms with E-state index in [1.54, 1.807) is 0 Å². The number of carboxylic acids is 1. The number of nitrogens with zero attached hydrogens (tertiary/aromatic N) is 1. The topological polar surface area (TPSA) is 123 Å². The number of ether oxygens (including phenoxy) is 1. The average Bonchev–Trinajstić information content (AvgIpc) is 2.12. The first-order valence-corrected chi connectivity index (χ1v) is 4.02. The van der Waals surface area contributed by atoms with E-state index in [0.717, 1.165) is 0 Å². The Bertz CT molecular complexity index is 563. The number of aromatic amines is 1. The van der Waals surface area contributed by atoms with Crippen molar-refractivity contribution in [3.05, 3.63) is 32.0 Å².